The largest absolute Gasteiger partial charge is 0.481 e. The highest BCUT2D eigenvalue weighted by molar-refractivity contribution is 5.76. The fourth-order valence-corrected chi connectivity index (χ4v) is 2.46. The number of rotatable bonds is 4. The second-order valence-corrected chi connectivity index (χ2v) is 5.85. The fourth-order valence-electron chi connectivity index (χ4n) is 2.46. The number of carbonyl (C=O) groups is 2. The lowest BCUT2D eigenvalue weighted by Crippen LogP contribution is -2.56. The van der Waals surface area contributed by atoms with Gasteiger partial charge in [-0.2, -0.15) is 0 Å². The number of amides is 2. The minimum Gasteiger partial charge on any atom is -0.481 e. The summed E-state index contributed by atoms with van der Waals surface area (Å²) in [5, 5.41) is 11.9. The number of hydrogen-bond donors (Lipinski definition) is 2. The summed E-state index contributed by atoms with van der Waals surface area (Å²) in [5.74, 6) is -1.11. The van der Waals surface area contributed by atoms with E-state index < -0.39 is 11.5 Å². The van der Waals surface area contributed by atoms with E-state index in [0.29, 0.717) is 26.0 Å². The van der Waals surface area contributed by atoms with Gasteiger partial charge < -0.3 is 20.1 Å². The molecule has 2 unspecified atom stereocenters. The van der Waals surface area contributed by atoms with E-state index in [2.05, 4.69) is 5.32 Å². The van der Waals surface area contributed by atoms with Crippen LogP contribution in [-0.2, 0) is 9.53 Å². The standard InChI is InChI=1S/C13H24N2O4/c1-9-7-10(11(16)17)5-6-15(9)12(18)14-13(2,3)8-19-4/h9-10H,5-8H2,1-4H3,(H,14,18)(H,16,17). The number of nitrogens with one attached hydrogen (secondary N) is 1. The van der Waals surface area contributed by atoms with Gasteiger partial charge in [0.2, 0.25) is 0 Å². The number of likely N-dealkylation sites (tertiary alicyclic amines) is 1. The molecule has 1 rings (SSSR count). The molecule has 1 aliphatic rings. The lowest BCUT2D eigenvalue weighted by atomic mass is 9.92. The van der Waals surface area contributed by atoms with Crippen LogP contribution in [0.4, 0.5) is 4.79 Å². The topological polar surface area (TPSA) is 78.9 Å². The number of carboxylic acid groups (broad SMARTS) is 1. The average molecular weight is 272 g/mol. The minimum atomic E-state index is -0.772. The van der Waals surface area contributed by atoms with Gasteiger partial charge in [-0.3, -0.25) is 4.79 Å². The molecule has 110 valence electrons. The average Bonchev–Trinajstić information content (AvgIpc) is 2.27. The summed E-state index contributed by atoms with van der Waals surface area (Å²) in [6.07, 6.45) is 1.02. The van der Waals surface area contributed by atoms with Crippen LogP contribution in [0.2, 0.25) is 0 Å². The minimum absolute atomic E-state index is 0.0619. The molecule has 0 aromatic heterocycles. The number of ether oxygens (including phenoxy) is 1. The molecule has 0 aliphatic carbocycles. The van der Waals surface area contributed by atoms with Crippen molar-refractivity contribution in [3.8, 4) is 0 Å². The maximum Gasteiger partial charge on any atom is 0.318 e. The van der Waals surface area contributed by atoms with E-state index in [0.717, 1.165) is 0 Å². The van der Waals surface area contributed by atoms with E-state index in [1.807, 2.05) is 20.8 Å². The number of carboxylic acids is 1. The number of carbonyl (C=O) groups excluding carboxylic acids is 1. The van der Waals surface area contributed by atoms with E-state index in [1.54, 1.807) is 12.0 Å². The van der Waals surface area contributed by atoms with Gasteiger partial charge in [0.15, 0.2) is 0 Å². The first kappa shape index (κ1) is 15.8. The lowest BCUT2D eigenvalue weighted by molar-refractivity contribution is -0.143. The Morgan fingerprint density at radius 1 is 1.47 bits per heavy atom. The molecule has 1 fully saturated rings. The molecule has 0 saturated carbocycles. The Hall–Kier alpha value is -1.30. The van der Waals surface area contributed by atoms with Crippen molar-refractivity contribution in [2.75, 3.05) is 20.3 Å². The highest BCUT2D eigenvalue weighted by Crippen LogP contribution is 2.23. The predicted molar refractivity (Wildman–Crippen MR) is 71.0 cm³/mol. The van der Waals surface area contributed by atoms with Crippen molar-refractivity contribution < 1.29 is 19.4 Å². The molecule has 2 N–H and O–H groups in total. The highest BCUT2D eigenvalue weighted by atomic mass is 16.5. The second-order valence-electron chi connectivity index (χ2n) is 5.85. The van der Waals surface area contributed by atoms with Crippen LogP contribution in [0, 0.1) is 5.92 Å². The van der Waals surface area contributed by atoms with Crippen molar-refractivity contribution >= 4 is 12.0 Å². The van der Waals surface area contributed by atoms with Crippen LogP contribution in [-0.4, -0.2) is 53.8 Å². The van der Waals surface area contributed by atoms with Crippen molar-refractivity contribution in [3.63, 3.8) is 0 Å². The Kier molecular flexibility index (Phi) is 5.17. The summed E-state index contributed by atoms with van der Waals surface area (Å²) in [6.45, 7) is 6.58. The van der Waals surface area contributed by atoms with E-state index >= 15 is 0 Å². The van der Waals surface area contributed by atoms with E-state index in [9.17, 15) is 9.59 Å². The Bertz CT molecular complexity index is 344. The fraction of sp³-hybridized carbons (Fsp3) is 0.846. The van der Waals surface area contributed by atoms with Gasteiger partial charge in [0.1, 0.15) is 0 Å². The lowest BCUT2D eigenvalue weighted by Gasteiger charge is -2.38. The molecule has 2 amide bonds. The van der Waals surface area contributed by atoms with E-state index in [4.69, 9.17) is 9.84 Å². The van der Waals surface area contributed by atoms with Crippen LogP contribution >= 0.6 is 0 Å². The van der Waals surface area contributed by atoms with Gasteiger partial charge in [-0.1, -0.05) is 0 Å². The van der Waals surface area contributed by atoms with E-state index in [1.165, 1.54) is 0 Å². The normalized spacial score (nSPS) is 24.1. The predicted octanol–water partition coefficient (Wildman–Crippen LogP) is 1.31. The van der Waals surface area contributed by atoms with Crippen molar-refractivity contribution in [3.05, 3.63) is 0 Å². The summed E-state index contributed by atoms with van der Waals surface area (Å²) in [4.78, 5) is 24.8. The first-order chi connectivity index (χ1) is 8.76. The summed E-state index contributed by atoms with van der Waals surface area (Å²) in [7, 11) is 1.59. The third-order valence-corrected chi connectivity index (χ3v) is 3.44. The van der Waals surface area contributed by atoms with Crippen LogP contribution in [0.3, 0.4) is 0 Å². The third-order valence-electron chi connectivity index (χ3n) is 3.44. The molecule has 1 saturated heterocycles. The number of nitrogens with zero attached hydrogens (tertiary/aromatic N) is 1. The number of hydrogen-bond acceptors (Lipinski definition) is 3. The third kappa shape index (κ3) is 4.38. The second kappa shape index (κ2) is 6.23. The van der Waals surface area contributed by atoms with Crippen LogP contribution < -0.4 is 5.32 Å². The first-order valence-electron chi connectivity index (χ1n) is 6.57. The Morgan fingerprint density at radius 3 is 2.58 bits per heavy atom. The molecule has 1 heterocycles. The van der Waals surface area contributed by atoms with Crippen molar-refractivity contribution in [1.29, 1.82) is 0 Å². The van der Waals surface area contributed by atoms with Crippen molar-refractivity contribution in [2.45, 2.75) is 45.2 Å². The van der Waals surface area contributed by atoms with Gasteiger partial charge in [0.05, 0.1) is 18.1 Å². The molecule has 0 aromatic carbocycles. The number of methoxy groups -OCH3 is 1. The monoisotopic (exact) mass is 272 g/mol. The molecule has 1 aliphatic heterocycles. The van der Waals surface area contributed by atoms with Crippen molar-refractivity contribution in [2.24, 2.45) is 5.92 Å². The number of aliphatic carboxylic acids is 1. The zero-order valence-corrected chi connectivity index (χ0v) is 12.1. The Morgan fingerprint density at radius 2 is 2.11 bits per heavy atom. The Labute approximate surface area is 114 Å². The quantitative estimate of drug-likeness (QED) is 0.808. The van der Waals surface area contributed by atoms with Gasteiger partial charge in [-0.05, 0) is 33.6 Å². The van der Waals surface area contributed by atoms with Gasteiger partial charge in [0, 0.05) is 19.7 Å². The summed E-state index contributed by atoms with van der Waals surface area (Å²) < 4.78 is 5.06. The molecular formula is C13H24N2O4. The zero-order chi connectivity index (χ0) is 14.6. The SMILES string of the molecule is COCC(C)(C)NC(=O)N1CCC(C(=O)O)CC1C. The molecule has 0 bridgehead atoms. The Balaban J connectivity index is 2.57. The molecule has 0 aromatic rings. The molecular weight excluding hydrogens is 248 g/mol. The van der Waals surface area contributed by atoms with Gasteiger partial charge in [-0.15, -0.1) is 0 Å². The molecule has 6 heteroatoms. The first-order valence-corrected chi connectivity index (χ1v) is 6.57. The number of urea groups is 1. The van der Waals surface area contributed by atoms with Crippen LogP contribution in [0.1, 0.15) is 33.6 Å². The van der Waals surface area contributed by atoms with Crippen LogP contribution in [0.15, 0.2) is 0 Å². The smallest absolute Gasteiger partial charge is 0.318 e. The van der Waals surface area contributed by atoms with Gasteiger partial charge in [0.25, 0.3) is 0 Å². The zero-order valence-electron chi connectivity index (χ0n) is 12.1. The van der Waals surface area contributed by atoms with Gasteiger partial charge in [-0.25, -0.2) is 4.79 Å². The summed E-state index contributed by atoms with van der Waals surface area (Å²) >= 11 is 0. The molecule has 19 heavy (non-hydrogen) atoms. The molecule has 0 spiro atoms. The molecule has 0 radical (unpaired) electrons. The highest BCUT2D eigenvalue weighted by Gasteiger charge is 2.33. The summed E-state index contributed by atoms with van der Waals surface area (Å²) in [6, 6.07) is -0.216. The molecule has 6 nitrogen and oxygen atoms in total. The van der Waals surface area contributed by atoms with Crippen LogP contribution in [0.25, 0.3) is 0 Å². The summed E-state index contributed by atoms with van der Waals surface area (Å²) in [5.41, 5.74) is -0.435. The van der Waals surface area contributed by atoms with Gasteiger partial charge >= 0.3 is 12.0 Å². The van der Waals surface area contributed by atoms with Crippen LogP contribution in [0.5, 0.6) is 0 Å². The number of piperidine rings is 1. The maximum atomic E-state index is 12.2. The van der Waals surface area contributed by atoms with Crippen molar-refractivity contribution in [1.82, 2.24) is 10.2 Å². The van der Waals surface area contributed by atoms with E-state index in [-0.39, 0.29) is 18.0 Å². The molecule has 2 atom stereocenters. The maximum absolute atomic E-state index is 12.2.